The van der Waals surface area contributed by atoms with Gasteiger partial charge in [-0.3, -0.25) is 0 Å². The molecular weight excluding hydrogens is 244 g/mol. The van der Waals surface area contributed by atoms with Gasteiger partial charge in [0.05, 0.1) is 11.7 Å². The summed E-state index contributed by atoms with van der Waals surface area (Å²) < 4.78 is 8.05. The topological polar surface area (TPSA) is 41.0 Å². The largest absolute Gasteiger partial charge is 0.363 e. The van der Waals surface area contributed by atoms with Gasteiger partial charge < -0.3 is 10.2 Å². The molecule has 1 unspecified atom stereocenters. The molecule has 2 heterocycles. The number of anilines is 1. The monoisotopic (exact) mass is 260 g/mol. The minimum Gasteiger partial charge on any atom is -0.363 e. The van der Waals surface area contributed by atoms with E-state index in [4.69, 9.17) is 11.6 Å². The zero-order chi connectivity index (χ0) is 11.4. The molecule has 4 nitrogen and oxygen atoms in total. The molecule has 1 aliphatic heterocycles. The Balaban J connectivity index is 1.79. The van der Waals surface area contributed by atoms with Crippen LogP contribution in [0.4, 0.5) is 5.82 Å². The predicted molar refractivity (Wildman–Crippen MR) is 68.3 cm³/mol. The maximum atomic E-state index is 5.89. The number of hydrogen-bond donors (Lipinski definition) is 1. The van der Waals surface area contributed by atoms with E-state index in [-0.39, 0.29) is 0 Å². The van der Waals surface area contributed by atoms with Crippen molar-refractivity contribution in [3.8, 4) is 0 Å². The Bertz CT molecular complexity index is 324. The second-order valence-electron chi connectivity index (χ2n) is 4.31. The van der Waals surface area contributed by atoms with Gasteiger partial charge in [-0.2, -0.15) is 8.75 Å². The highest BCUT2D eigenvalue weighted by molar-refractivity contribution is 6.99. The van der Waals surface area contributed by atoms with Crippen LogP contribution in [-0.4, -0.2) is 39.3 Å². The molecule has 1 N–H and O–H groups in total. The van der Waals surface area contributed by atoms with Crippen molar-refractivity contribution in [2.24, 2.45) is 0 Å². The highest BCUT2D eigenvalue weighted by atomic mass is 35.5. The fourth-order valence-corrected chi connectivity index (χ4v) is 2.73. The van der Waals surface area contributed by atoms with Crippen molar-refractivity contribution >= 4 is 29.1 Å². The van der Waals surface area contributed by atoms with Crippen LogP contribution in [-0.2, 0) is 0 Å². The lowest BCUT2D eigenvalue weighted by molar-refractivity contribution is 0.223. The van der Waals surface area contributed by atoms with Gasteiger partial charge in [0, 0.05) is 12.6 Å². The lowest BCUT2D eigenvalue weighted by atomic mass is 10.1. The number of nitrogens with zero attached hydrogens (tertiary/aromatic N) is 3. The van der Waals surface area contributed by atoms with Gasteiger partial charge in [-0.1, -0.05) is 18.0 Å². The molecule has 0 saturated carbocycles. The van der Waals surface area contributed by atoms with Gasteiger partial charge in [0.15, 0.2) is 11.0 Å². The van der Waals surface area contributed by atoms with Gasteiger partial charge >= 0.3 is 0 Å². The number of hydrogen-bond acceptors (Lipinski definition) is 5. The van der Waals surface area contributed by atoms with E-state index in [2.05, 4.69) is 25.9 Å². The van der Waals surface area contributed by atoms with Crippen molar-refractivity contribution in [2.75, 3.05) is 25.0 Å². The Labute approximate surface area is 105 Å². The minimum absolute atomic E-state index is 0.361. The fraction of sp³-hybridized carbons (Fsp3) is 0.800. The summed E-state index contributed by atoms with van der Waals surface area (Å²) in [4.78, 5) is 2.49. The molecule has 0 spiro atoms. The van der Waals surface area contributed by atoms with Crippen LogP contribution in [0.3, 0.4) is 0 Å². The molecule has 1 aromatic rings. The van der Waals surface area contributed by atoms with Crippen LogP contribution >= 0.6 is 23.3 Å². The number of rotatable bonds is 4. The van der Waals surface area contributed by atoms with E-state index >= 15 is 0 Å². The van der Waals surface area contributed by atoms with E-state index < -0.39 is 0 Å². The smallest absolute Gasteiger partial charge is 0.186 e. The third kappa shape index (κ3) is 3.30. The number of likely N-dealkylation sites (tertiary alicyclic amines) is 1. The van der Waals surface area contributed by atoms with Gasteiger partial charge in [0.2, 0.25) is 0 Å². The summed E-state index contributed by atoms with van der Waals surface area (Å²) in [5, 5.41) is 3.78. The standard InChI is InChI=1S/C10H17ClN4S/c1-8(7-15-5-3-2-4-6-15)12-10-9(11)13-16-14-10/h8H,2-7H2,1H3,(H,12,14). The summed E-state index contributed by atoms with van der Waals surface area (Å²) in [6, 6.07) is 0.361. The Kier molecular flexibility index (Phi) is 4.37. The zero-order valence-corrected chi connectivity index (χ0v) is 11.0. The van der Waals surface area contributed by atoms with Gasteiger partial charge in [-0.05, 0) is 32.9 Å². The van der Waals surface area contributed by atoms with E-state index in [0.717, 1.165) is 24.1 Å². The molecule has 0 bridgehead atoms. The molecule has 1 saturated heterocycles. The van der Waals surface area contributed by atoms with Gasteiger partial charge in [-0.15, -0.1) is 0 Å². The van der Waals surface area contributed by atoms with Crippen LogP contribution in [0.2, 0.25) is 5.15 Å². The molecule has 1 atom stereocenters. The molecular formula is C10H17ClN4S. The van der Waals surface area contributed by atoms with Crippen molar-refractivity contribution < 1.29 is 0 Å². The van der Waals surface area contributed by atoms with Gasteiger partial charge in [0.25, 0.3) is 0 Å². The molecule has 2 rings (SSSR count). The van der Waals surface area contributed by atoms with Crippen molar-refractivity contribution in [2.45, 2.75) is 32.2 Å². The van der Waals surface area contributed by atoms with Gasteiger partial charge in [-0.25, -0.2) is 0 Å². The first-order chi connectivity index (χ1) is 7.75. The van der Waals surface area contributed by atoms with E-state index in [9.17, 15) is 0 Å². The molecule has 1 fully saturated rings. The quantitative estimate of drug-likeness (QED) is 0.903. The third-order valence-electron chi connectivity index (χ3n) is 2.81. The molecule has 1 aliphatic rings. The van der Waals surface area contributed by atoms with Crippen LogP contribution in [0.5, 0.6) is 0 Å². The highest BCUT2D eigenvalue weighted by Gasteiger charge is 2.15. The first kappa shape index (κ1) is 12.1. The van der Waals surface area contributed by atoms with Gasteiger partial charge in [0.1, 0.15) is 0 Å². The SMILES string of the molecule is CC(CN1CCCCC1)Nc1nsnc1Cl. The van der Waals surface area contributed by atoms with Crippen LogP contribution in [0, 0.1) is 0 Å². The van der Waals surface area contributed by atoms with E-state index in [1.807, 2.05) is 0 Å². The average molecular weight is 261 g/mol. The number of nitrogens with one attached hydrogen (secondary N) is 1. The van der Waals surface area contributed by atoms with Crippen molar-refractivity contribution in [1.29, 1.82) is 0 Å². The molecule has 0 aromatic carbocycles. The van der Waals surface area contributed by atoms with E-state index in [1.165, 1.54) is 32.4 Å². The summed E-state index contributed by atoms with van der Waals surface area (Å²) in [7, 11) is 0. The second kappa shape index (κ2) is 5.80. The first-order valence-electron chi connectivity index (χ1n) is 5.72. The minimum atomic E-state index is 0.361. The normalized spacial score (nSPS) is 19.6. The molecule has 16 heavy (non-hydrogen) atoms. The highest BCUT2D eigenvalue weighted by Crippen LogP contribution is 2.19. The van der Waals surface area contributed by atoms with Crippen LogP contribution < -0.4 is 5.32 Å². The van der Waals surface area contributed by atoms with E-state index in [0.29, 0.717) is 11.2 Å². The van der Waals surface area contributed by atoms with Crippen molar-refractivity contribution in [3.05, 3.63) is 5.15 Å². The number of piperidine rings is 1. The lowest BCUT2D eigenvalue weighted by Gasteiger charge is -2.29. The second-order valence-corrected chi connectivity index (χ2v) is 5.20. The molecule has 1 aromatic heterocycles. The number of halogens is 1. The summed E-state index contributed by atoms with van der Waals surface area (Å²) in [6.45, 7) is 5.64. The Hall–Kier alpha value is -0.390. The average Bonchev–Trinajstić information content (AvgIpc) is 2.66. The summed E-state index contributed by atoms with van der Waals surface area (Å²) in [5.74, 6) is 0.719. The molecule has 0 amide bonds. The summed E-state index contributed by atoms with van der Waals surface area (Å²) in [6.07, 6.45) is 4.03. The predicted octanol–water partition coefficient (Wildman–Crippen LogP) is 2.48. The van der Waals surface area contributed by atoms with Crippen molar-refractivity contribution in [3.63, 3.8) is 0 Å². The van der Waals surface area contributed by atoms with Crippen LogP contribution in [0.25, 0.3) is 0 Å². The molecule has 0 radical (unpaired) electrons. The Morgan fingerprint density at radius 3 is 2.75 bits per heavy atom. The fourth-order valence-electron chi connectivity index (χ4n) is 2.07. The third-order valence-corrected chi connectivity index (χ3v) is 3.70. The zero-order valence-electron chi connectivity index (χ0n) is 9.45. The van der Waals surface area contributed by atoms with Crippen molar-refractivity contribution in [1.82, 2.24) is 13.6 Å². The molecule has 90 valence electrons. The summed E-state index contributed by atoms with van der Waals surface area (Å²) in [5.41, 5.74) is 0. The van der Waals surface area contributed by atoms with Crippen LogP contribution in [0.15, 0.2) is 0 Å². The first-order valence-corrected chi connectivity index (χ1v) is 6.83. The number of aromatic nitrogens is 2. The Morgan fingerprint density at radius 2 is 2.12 bits per heavy atom. The lowest BCUT2D eigenvalue weighted by Crippen LogP contribution is -2.38. The van der Waals surface area contributed by atoms with Crippen LogP contribution in [0.1, 0.15) is 26.2 Å². The molecule has 6 heteroatoms. The maximum absolute atomic E-state index is 5.89. The van der Waals surface area contributed by atoms with E-state index in [1.54, 1.807) is 0 Å². The Morgan fingerprint density at radius 1 is 1.38 bits per heavy atom. The molecule has 0 aliphatic carbocycles. The summed E-state index contributed by atoms with van der Waals surface area (Å²) >= 11 is 7.03. The maximum Gasteiger partial charge on any atom is 0.186 e.